The largest absolute Gasteiger partial charge is 0.392 e. The molecule has 1 N–H and O–H groups in total. The summed E-state index contributed by atoms with van der Waals surface area (Å²) in [6, 6.07) is 11.0. The van der Waals surface area contributed by atoms with Gasteiger partial charge in [0.25, 0.3) is 0 Å². The first-order chi connectivity index (χ1) is 9.54. The molecule has 0 saturated carbocycles. The van der Waals surface area contributed by atoms with Gasteiger partial charge in [0.05, 0.1) is 6.10 Å². The summed E-state index contributed by atoms with van der Waals surface area (Å²) in [4.78, 5) is 1.02. The molecule has 2 aromatic rings. The molecule has 0 aliphatic rings. The second kappa shape index (κ2) is 7.20. The molecule has 0 aliphatic carbocycles. The minimum atomic E-state index is -0.722. The molecule has 0 fully saturated rings. The van der Waals surface area contributed by atoms with Crippen LogP contribution in [0.25, 0.3) is 0 Å². The van der Waals surface area contributed by atoms with Crippen molar-refractivity contribution < 1.29 is 13.9 Å². The first-order valence-corrected chi connectivity index (χ1v) is 7.83. The topological polar surface area (TPSA) is 20.2 Å². The standard InChI is InChI=1S/C15H13BrF2OS/c16-11-1-4-14(5-2-11)20-9-13(19)8-10-7-12(17)3-6-15(10)18/h1-7,13,19H,8-9H2. The van der Waals surface area contributed by atoms with E-state index in [9.17, 15) is 13.9 Å². The van der Waals surface area contributed by atoms with Crippen LogP contribution in [0, 0.1) is 11.6 Å². The van der Waals surface area contributed by atoms with Crippen molar-refractivity contribution in [1.29, 1.82) is 0 Å². The average Bonchev–Trinajstić information content (AvgIpc) is 2.42. The van der Waals surface area contributed by atoms with Crippen molar-refractivity contribution in [3.8, 4) is 0 Å². The van der Waals surface area contributed by atoms with Crippen LogP contribution in [0.5, 0.6) is 0 Å². The number of hydrogen-bond donors (Lipinski definition) is 1. The SMILES string of the molecule is OC(CSc1ccc(Br)cc1)Cc1cc(F)ccc1F. The van der Waals surface area contributed by atoms with Crippen molar-refractivity contribution in [2.24, 2.45) is 0 Å². The van der Waals surface area contributed by atoms with Gasteiger partial charge in [0.2, 0.25) is 0 Å². The number of hydrogen-bond acceptors (Lipinski definition) is 2. The van der Waals surface area contributed by atoms with E-state index in [4.69, 9.17) is 0 Å². The van der Waals surface area contributed by atoms with Crippen molar-refractivity contribution in [2.45, 2.75) is 17.4 Å². The maximum Gasteiger partial charge on any atom is 0.126 e. The van der Waals surface area contributed by atoms with E-state index in [0.29, 0.717) is 5.75 Å². The second-order valence-corrected chi connectivity index (χ2v) is 6.37. The first-order valence-electron chi connectivity index (χ1n) is 6.05. The highest BCUT2D eigenvalue weighted by Gasteiger charge is 2.11. The quantitative estimate of drug-likeness (QED) is 0.798. The summed E-state index contributed by atoms with van der Waals surface area (Å²) in [5, 5.41) is 9.91. The Kier molecular flexibility index (Phi) is 5.57. The number of aliphatic hydroxyl groups is 1. The molecule has 0 heterocycles. The van der Waals surface area contributed by atoms with Crippen molar-refractivity contribution in [3.05, 3.63) is 64.1 Å². The van der Waals surface area contributed by atoms with E-state index < -0.39 is 17.7 Å². The maximum absolute atomic E-state index is 13.4. The van der Waals surface area contributed by atoms with Gasteiger partial charge in [-0.05, 0) is 48.0 Å². The lowest BCUT2D eigenvalue weighted by Gasteiger charge is -2.11. The summed E-state index contributed by atoms with van der Waals surface area (Å²) in [6.07, 6.45) is -0.618. The Balaban J connectivity index is 1.90. The zero-order chi connectivity index (χ0) is 14.5. The molecule has 2 aromatic carbocycles. The minimum Gasteiger partial charge on any atom is -0.392 e. The van der Waals surface area contributed by atoms with Gasteiger partial charge in [0, 0.05) is 21.5 Å². The van der Waals surface area contributed by atoms with Gasteiger partial charge >= 0.3 is 0 Å². The fourth-order valence-corrected chi connectivity index (χ4v) is 2.83. The molecule has 0 aliphatic heterocycles. The Morgan fingerprint density at radius 1 is 1.10 bits per heavy atom. The van der Waals surface area contributed by atoms with E-state index in [1.54, 1.807) is 0 Å². The van der Waals surface area contributed by atoms with Crippen molar-refractivity contribution in [3.63, 3.8) is 0 Å². The number of benzene rings is 2. The summed E-state index contributed by atoms with van der Waals surface area (Å²) in [6.45, 7) is 0. The predicted octanol–water partition coefficient (Wildman–Crippen LogP) is 4.42. The molecule has 20 heavy (non-hydrogen) atoms. The van der Waals surface area contributed by atoms with Crippen LogP contribution in [0.4, 0.5) is 8.78 Å². The highest BCUT2D eigenvalue weighted by atomic mass is 79.9. The van der Waals surface area contributed by atoms with E-state index in [0.717, 1.165) is 27.6 Å². The summed E-state index contributed by atoms with van der Waals surface area (Å²) >= 11 is 4.83. The molecule has 2 rings (SSSR count). The third-order valence-corrected chi connectivity index (χ3v) is 4.40. The smallest absolute Gasteiger partial charge is 0.126 e. The van der Waals surface area contributed by atoms with Gasteiger partial charge in [0.1, 0.15) is 11.6 Å². The second-order valence-electron chi connectivity index (χ2n) is 4.36. The molecule has 106 valence electrons. The van der Waals surface area contributed by atoms with Crippen LogP contribution in [-0.4, -0.2) is 17.0 Å². The third kappa shape index (κ3) is 4.58. The lowest BCUT2D eigenvalue weighted by Crippen LogP contribution is -2.14. The minimum absolute atomic E-state index is 0.104. The molecule has 0 spiro atoms. The monoisotopic (exact) mass is 358 g/mol. The molecule has 1 nitrogen and oxygen atoms in total. The number of aliphatic hydroxyl groups excluding tert-OH is 1. The highest BCUT2D eigenvalue weighted by Crippen LogP contribution is 2.22. The van der Waals surface area contributed by atoms with Crippen LogP contribution in [-0.2, 0) is 6.42 Å². The molecule has 0 amide bonds. The summed E-state index contributed by atoms with van der Waals surface area (Å²) < 4.78 is 27.5. The molecule has 0 aromatic heterocycles. The van der Waals surface area contributed by atoms with Gasteiger partial charge < -0.3 is 5.11 Å². The Morgan fingerprint density at radius 3 is 2.50 bits per heavy atom. The molecule has 1 atom stereocenters. The summed E-state index contributed by atoms with van der Waals surface area (Å²) in [5.41, 5.74) is 0.203. The van der Waals surface area contributed by atoms with E-state index >= 15 is 0 Å². The van der Waals surface area contributed by atoms with Gasteiger partial charge in [-0.2, -0.15) is 0 Å². The van der Waals surface area contributed by atoms with Crippen LogP contribution in [0.1, 0.15) is 5.56 Å². The third-order valence-electron chi connectivity index (χ3n) is 2.72. The van der Waals surface area contributed by atoms with Gasteiger partial charge in [-0.25, -0.2) is 8.78 Å². The van der Waals surface area contributed by atoms with Crippen molar-refractivity contribution in [1.82, 2.24) is 0 Å². The Hall–Kier alpha value is -0.910. The maximum atomic E-state index is 13.4. The number of halogens is 3. The van der Waals surface area contributed by atoms with Gasteiger partial charge in [-0.1, -0.05) is 15.9 Å². The lowest BCUT2D eigenvalue weighted by molar-refractivity contribution is 0.198. The van der Waals surface area contributed by atoms with Gasteiger partial charge in [-0.15, -0.1) is 11.8 Å². The zero-order valence-electron chi connectivity index (χ0n) is 10.5. The van der Waals surface area contributed by atoms with E-state index in [1.807, 2.05) is 24.3 Å². The van der Waals surface area contributed by atoms with E-state index in [1.165, 1.54) is 11.8 Å². The number of rotatable bonds is 5. The lowest BCUT2D eigenvalue weighted by atomic mass is 10.1. The molecule has 0 bridgehead atoms. The van der Waals surface area contributed by atoms with Crippen LogP contribution >= 0.6 is 27.7 Å². The van der Waals surface area contributed by atoms with E-state index in [2.05, 4.69) is 15.9 Å². The molecule has 0 saturated heterocycles. The normalized spacial score (nSPS) is 12.4. The molecule has 1 unspecified atom stereocenters. The Labute approximate surface area is 129 Å². The average molecular weight is 359 g/mol. The molecule has 0 radical (unpaired) electrons. The van der Waals surface area contributed by atoms with Crippen LogP contribution in [0.2, 0.25) is 0 Å². The van der Waals surface area contributed by atoms with Gasteiger partial charge in [-0.3, -0.25) is 0 Å². The number of thioether (sulfide) groups is 1. The molecular weight excluding hydrogens is 346 g/mol. The summed E-state index contributed by atoms with van der Waals surface area (Å²) in [5.74, 6) is -0.550. The fourth-order valence-electron chi connectivity index (χ4n) is 1.74. The van der Waals surface area contributed by atoms with Crippen molar-refractivity contribution >= 4 is 27.7 Å². The van der Waals surface area contributed by atoms with Crippen LogP contribution in [0.15, 0.2) is 51.8 Å². The Morgan fingerprint density at radius 2 is 1.80 bits per heavy atom. The highest BCUT2D eigenvalue weighted by molar-refractivity contribution is 9.10. The van der Waals surface area contributed by atoms with Crippen molar-refractivity contribution in [2.75, 3.05) is 5.75 Å². The fraction of sp³-hybridized carbons (Fsp3) is 0.200. The van der Waals surface area contributed by atoms with Crippen LogP contribution in [0.3, 0.4) is 0 Å². The first kappa shape index (κ1) is 15.5. The summed E-state index contributed by atoms with van der Waals surface area (Å²) in [7, 11) is 0. The molecular formula is C15H13BrF2OS. The molecule has 5 heteroatoms. The van der Waals surface area contributed by atoms with E-state index in [-0.39, 0.29) is 12.0 Å². The predicted molar refractivity (Wildman–Crippen MR) is 80.9 cm³/mol. The van der Waals surface area contributed by atoms with Crippen LogP contribution < -0.4 is 0 Å². The van der Waals surface area contributed by atoms with Gasteiger partial charge in [0.15, 0.2) is 0 Å². The zero-order valence-corrected chi connectivity index (χ0v) is 12.9. The Bertz CT molecular complexity index is 575.